The maximum atomic E-state index is 12.6. The fraction of sp³-hybridized carbons (Fsp3) is 0.696. The number of fused-ring (bicyclic) bond motifs is 1. The maximum absolute atomic E-state index is 12.6. The van der Waals surface area contributed by atoms with Gasteiger partial charge in [-0.1, -0.05) is 19.3 Å². The minimum absolute atomic E-state index is 0.0979. The summed E-state index contributed by atoms with van der Waals surface area (Å²) in [6.07, 6.45) is 11.7. The largest absolute Gasteiger partial charge is 0.371 e. The van der Waals surface area contributed by atoms with Gasteiger partial charge in [0.25, 0.3) is 5.91 Å². The van der Waals surface area contributed by atoms with Gasteiger partial charge in [-0.25, -0.2) is 0 Å². The zero-order valence-corrected chi connectivity index (χ0v) is 16.6. The lowest BCUT2D eigenvalue weighted by atomic mass is 9.88. The number of benzene rings is 1. The first-order chi connectivity index (χ1) is 13.3. The van der Waals surface area contributed by atoms with E-state index in [2.05, 4.69) is 27.7 Å². The third-order valence-corrected chi connectivity index (χ3v) is 6.77. The summed E-state index contributed by atoms with van der Waals surface area (Å²) in [7, 11) is 0. The summed E-state index contributed by atoms with van der Waals surface area (Å²) in [5.41, 5.74) is 3.58. The number of carbonyl (C=O) groups excluding carboxylic acids is 1. The molecule has 4 nitrogen and oxygen atoms in total. The van der Waals surface area contributed by atoms with Gasteiger partial charge in [0.1, 0.15) is 0 Å². The van der Waals surface area contributed by atoms with Crippen LogP contribution < -0.4 is 15.5 Å². The molecule has 3 aliphatic rings. The molecule has 0 unspecified atom stereocenters. The number of piperidine rings is 1. The number of hydrogen-bond donors (Lipinski definition) is 2. The van der Waals surface area contributed by atoms with Gasteiger partial charge in [-0.05, 0) is 87.2 Å². The van der Waals surface area contributed by atoms with Gasteiger partial charge in [-0.15, -0.1) is 0 Å². The lowest BCUT2D eigenvalue weighted by Crippen LogP contribution is -2.36. The number of amides is 1. The molecule has 148 valence electrons. The van der Waals surface area contributed by atoms with Crippen LogP contribution in [-0.4, -0.2) is 38.6 Å². The van der Waals surface area contributed by atoms with Crippen molar-refractivity contribution in [1.82, 2.24) is 10.6 Å². The van der Waals surface area contributed by atoms with Gasteiger partial charge in [-0.3, -0.25) is 4.79 Å². The number of nitrogens with zero attached hydrogens (tertiary/aromatic N) is 1. The number of aryl methyl sites for hydroxylation is 1. The molecule has 2 heterocycles. The number of rotatable bonds is 5. The second-order valence-electron chi connectivity index (χ2n) is 8.80. The Hall–Kier alpha value is -1.55. The molecule has 0 spiro atoms. The monoisotopic (exact) mass is 369 g/mol. The fourth-order valence-corrected chi connectivity index (χ4v) is 5.11. The highest BCUT2D eigenvalue weighted by atomic mass is 16.1. The Bertz CT molecular complexity index is 633. The smallest absolute Gasteiger partial charge is 0.251 e. The van der Waals surface area contributed by atoms with Gasteiger partial charge >= 0.3 is 0 Å². The number of anilines is 1. The number of nitrogens with one attached hydrogen (secondary N) is 2. The summed E-state index contributed by atoms with van der Waals surface area (Å²) < 4.78 is 0. The molecule has 2 aliphatic heterocycles. The third-order valence-electron chi connectivity index (χ3n) is 6.77. The van der Waals surface area contributed by atoms with E-state index >= 15 is 0 Å². The van der Waals surface area contributed by atoms with E-state index in [0.717, 1.165) is 37.5 Å². The first-order valence-corrected chi connectivity index (χ1v) is 11.2. The highest BCUT2D eigenvalue weighted by Gasteiger charge is 2.23. The van der Waals surface area contributed by atoms with Crippen LogP contribution in [-0.2, 0) is 6.42 Å². The lowest BCUT2D eigenvalue weighted by Gasteiger charge is -2.35. The maximum Gasteiger partial charge on any atom is 0.251 e. The minimum Gasteiger partial charge on any atom is -0.371 e. The van der Waals surface area contributed by atoms with Crippen molar-refractivity contribution in [3.63, 3.8) is 0 Å². The van der Waals surface area contributed by atoms with Crippen LogP contribution in [0.25, 0.3) is 0 Å². The first-order valence-electron chi connectivity index (χ1n) is 11.2. The van der Waals surface area contributed by atoms with Crippen LogP contribution in [0.15, 0.2) is 18.2 Å². The van der Waals surface area contributed by atoms with E-state index < -0.39 is 0 Å². The lowest BCUT2D eigenvalue weighted by molar-refractivity contribution is 0.0944. The highest BCUT2D eigenvalue weighted by Crippen LogP contribution is 2.32. The number of hydrogen-bond acceptors (Lipinski definition) is 3. The van der Waals surface area contributed by atoms with E-state index in [4.69, 9.17) is 0 Å². The molecule has 0 aromatic heterocycles. The summed E-state index contributed by atoms with van der Waals surface area (Å²) in [6.45, 7) is 5.34. The van der Waals surface area contributed by atoms with Crippen molar-refractivity contribution in [3.05, 3.63) is 29.3 Å². The first kappa shape index (κ1) is 18.8. The van der Waals surface area contributed by atoms with Crippen molar-refractivity contribution < 1.29 is 4.79 Å². The van der Waals surface area contributed by atoms with Gasteiger partial charge in [-0.2, -0.15) is 0 Å². The van der Waals surface area contributed by atoms with Crippen LogP contribution in [0.2, 0.25) is 0 Å². The average Bonchev–Trinajstić information content (AvgIpc) is 2.73. The van der Waals surface area contributed by atoms with Crippen molar-refractivity contribution in [2.45, 2.75) is 57.8 Å². The molecular formula is C23H35N3O. The van der Waals surface area contributed by atoms with Gasteiger partial charge in [0.05, 0.1) is 0 Å². The molecule has 4 heteroatoms. The van der Waals surface area contributed by atoms with Crippen LogP contribution in [0, 0.1) is 11.8 Å². The predicted octanol–water partition coefficient (Wildman–Crippen LogP) is 3.75. The Morgan fingerprint density at radius 2 is 1.85 bits per heavy atom. The SMILES string of the molecule is O=C(NCC1CCNCC1)c1ccc2c(c1)CCCN2CC1CCCCC1. The van der Waals surface area contributed by atoms with Crippen molar-refractivity contribution in [2.75, 3.05) is 37.6 Å². The molecule has 1 aliphatic carbocycles. The molecular weight excluding hydrogens is 334 g/mol. The van der Waals surface area contributed by atoms with Crippen molar-refractivity contribution in [2.24, 2.45) is 11.8 Å². The van der Waals surface area contributed by atoms with Gasteiger partial charge in [0.15, 0.2) is 0 Å². The van der Waals surface area contributed by atoms with Gasteiger partial charge in [0, 0.05) is 30.9 Å². The van der Waals surface area contributed by atoms with Crippen LogP contribution in [0.4, 0.5) is 5.69 Å². The Labute approximate surface area is 164 Å². The van der Waals surface area contributed by atoms with Crippen LogP contribution >= 0.6 is 0 Å². The molecule has 0 radical (unpaired) electrons. The topological polar surface area (TPSA) is 44.4 Å². The molecule has 2 fully saturated rings. The molecule has 4 rings (SSSR count). The second-order valence-corrected chi connectivity index (χ2v) is 8.80. The van der Waals surface area contributed by atoms with Crippen molar-refractivity contribution >= 4 is 11.6 Å². The summed E-state index contributed by atoms with van der Waals surface area (Å²) in [5, 5.41) is 6.56. The summed E-state index contributed by atoms with van der Waals surface area (Å²) in [4.78, 5) is 15.2. The Morgan fingerprint density at radius 3 is 2.67 bits per heavy atom. The molecule has 2 N–H and O–H groups in total. The molecule has 1 saturated carbocycles. The third kappa shape index (κ3) is 4.84. The molecule has 0 bridgehead atoms. The quantitative estimate of drug-likeness (QED) is 0.831. The predicted molar refractivity (Wildman–Crippen MR) is 111 cm³/mol. The Balaban J connectivity index is 1.37. The van der Waals surface area contributed by atoms with Gasteiger partial charge < -0.3 is 15.5 Å². The fourth-order valence-electron chi connectivity index (χ4n) is 5.11. The highest BCUT2D eigenvalue weighted by molar-refractivity contribution is 5.95. The Morgan fingerprint density at radius 1 is 1.04 bits per heavy atom. The van der Waals surface area contributed by atoms with E-state index in [0.29, 0.717) is 5.92 Å². The Kier molecular flexibility index (Phi) is 6.33. The molecule has 1 aromatic rings. The molecule has 1 amide bonds. The van der Waals surface area contributed by atoms with Gasteiger partial charge in [0.2, 0.25) is 0 Å². The van der Waals surface area contributed by atoms with E-state index in [9.17, 15) is 4.79 Å². The van der Waals surface area contributed by atoms with Crippen molar-refractivity contribution in [3.8, 4) is 0 Å². The van der Waals surface area contributed by atoms with Crippen LogP contribution in [0.5, 0.6) is 0 Å². The second kappa shape index (κ2) is 9.09. The molecule has 0 atom stereocenters. The summed E-state index contributed by atoms with van der Waals surface area (Å²) >= 11 is 0. The van der Waals surface area contributed by atoms with E-state index in [1.54, 1.807) is 0 Å². The van der Waals surface area contributed by atoms with Crippen LogP contribution in [0.3, 0.4) is 0 Å². The number of carbonyl (C=O) groups is 1. The zero-order valence-electron chi connectivity index (χ0n) is 16.6. The van der Waals surface area contributed by atoms with Crippen molar-refractivity contribution in [1.29, 1.82) is 0 Å². The minimum atomic E-state index is 0.0979. The molecule has 1 saturated heterocycles. The normalized spacial score (nSPS) is 21.7. The van der Waals surface area contributed by atoms with E-state index in [1.807, 2.05) is 6.07 Å². The summed E-state index contributed by atoms with van der Waals surface area (Å²) in [5.74, 6) is 1.58. The summed E-state index contributed by atoms with van der Waals surface area (Å²) in [6, 6.07) is 6.40. The van der Waals surface area contributed by atoms with Crippen LogP contribution in [0.1, 0.15) is 67.3 Å². The van der Waals surface area contributed by atoms with E-state index in [1.165, 1.54) is 75.7 Å². The molecule has 27 heavy (non-hydrogen) atoms. The standard InChI is InChI=1S/C23H35N3O/c27-23(25-16-18-10-12-24-13-11-18)21-8-9-22-20(15-21)7-4-14-26(22)17-19-5-2-1-3-6-19/h8-9,15,18-19,24H,1-7,10-14,16-17H2,(H,25,27). The zero-order chi connectivity index (χ0) is 18.5. The van der Waals surface area contributed by atoms with E-state index in [-0.39, 0.29) is 5.91 Å². The molecule has 1 aromatic carbocycles. The average molecular weight is 370 g/mol.